The number of thiazole rings is 1. The molecule has 1 aliphatic heterocycles. The van der Waals surface area contributed by atoms with Gasteiger partial charge >= 0.3 is 5.97 Å². The summed E-state index contributed by atoms with van der Waals surface area (Å²) >= 11 is 1.33. The van der Waals surface area contributed by atoms with E-state index < -0.39 is 12.0 Å². The third-order valence-electron chi connectivity index (χ3n) is 5.86. The van der Waals surface area contributed by atoms with Gasteiger partial charge in [-0.2, -0.15) is 0 Å². The van der Waals surface area contributed by atoms with Crippen molar-refractivity contribution in [2.75, 3.05) is 25.1 Å². The van der Waals surface area contributed by atoms with Crippen molar-refractivity contribution >= 4 is 29.1 Å². The zero-order valence-corrected chi connectivity index (χ0v) is 20.1. The van der Waals surface area contributed by atoms with E-state index in [0.29, 0.717) is 20.6 Å². The number of ether oxygens (including phenoxy) is 1. The summed E-state index contributed by atoms with van der Waals surface area (Å²) in [5.74, 6) is -0.480. The molecule has 2 heterocycles. The number of allylic oxidation sites excluding steroid dienone is 1. The number of benzene rings is 2. The molecule has 33 heavy (non-hydrogen) atoms. The van der Waals surface area contributed by atoms with Crippen LogP contribution in [0.25, 0.3) is 6.08 Å². The van der Waals surface area contributed by atoms with Crippen LogP contribution in [0.3, 0.4) is 0 Å². The summed E-state index contributed by atoms with van der Waals surface area (Å²) < 4.78 is 7.22. The molecule has 0 saturated carbocycles. The van der Waals surface area contributed by atoms with Gasteiger partial charge in [-0.1, -0.05) is 53.8 Å². The molecular weight excluding hydrogens is 434 g/mol. The van der Waals surface area contributed by atoms with Crippen LogP contribution in [0.15, 0.2) is 75.7 Å². The molecule has 0 saturated heterocycles. The van der Waals surface area contributed by atoms with Crippen molar-refractivity contribution in [1.82, 2.24) is 4.57 Å². The van der Waals surface area contributed by atoms with Gasteiger partial charge in [0.2, 0.25) is 0 Å². The van der Waals surface area contributed by atoms with E-state index in [9.17, 15) is 9.59 Å². The molecule has 0 fully saturated rings. The summed E-state index contributed by atoms with van der Waals surface area (Å²) in [4.78, 5) is 33.6. The summed E-state index contributed by atoms with van der Waals surface area (Å²) in [5, 5.41) is 0. The van der Waals surface area contributed by atoms with E-state index in [0.717, 1.165) is 29.9 Å². The van der Waals surface area contributed by atoms with Crippen LogP contribution in [0.1, 0.15) is 37.9 Å². The maximum absolute atomic E-state index is 13.5. The number of carbonyl (C=O) groups is 1. The SMILES string of the molecule is CCN(CC)c1ccc(/C=c2/sc3n(c2=O)[C@@H](c2ccccc2)C(C(=O)OC)=C(C)N=3)cc1. The Kier molecular flexibility index (Phi) is 6.60. The first-order valence-corrected chi connectivity index (χ1v) is 11.8. The number of nitrogens with zero attached hydrogens (tertiary/aromatic N) is 3. The van der Waals surface area contributed by atoms with Crippen LogP contribution in [-0.2, 0) is 9.53 Å². The minimum absolute atomic E-state index is 0.172. The highest BCUT2D eigenvalue weighted by Gasteiger charge is 2.32. The van der Waals surface area contributed by atoms with E-state index in [1.807, 2.05) is 48.5 Å². The molecule has 170 valence electrons. The zero-order valence-electron chi connectivity index (χ0n) is 19.2. The molecule has 0 aliphatic carbocycles. The quantitative estimate of drug-likeness (QED) is 0.529. The topological polar surface area (TPSA) is 63.9 Å². The molecule has 1 atom stereocenters. The molecule has 1 aromatic heterocycles. The van der Waals surface area contributed by atoms with Crippen molar-refractivity contribution in [3.05, 3.63) is 96.7 Å². The van der Waals surface area contributed by atoms with Crippen molar-refractivity contribution in [3.8, 4) is 0 Å². The first-order chi connectivity index (χ1) is 16.0. The predicted octanol–water partition coefficient (Wildman–Crippen LogP) is 3.25. The van der Waals surface area contributed by atoms with E-state index in [2.05, 4.69) is 35.9 Å². The lowest BCUT2D eigenvalue weighted by molar-refractivity contribution is -0.136. The summed E-state index contributed by atoms with van der Waals surface area (Å²) in [6.45, 7) is 7.93. The van der Waals surface area contributed by atoms with Gasteiger partial charge in [-0.15, -0.1) is 0 Å². The largest absolute Gasteiger partial charge is 0.466 e. The summed E-state index contributed by atoms with van der Waals surface area (Å²) in [5.41, 5.74) is 3.70. The molecule has 0 bridgehead atoms. The molecule has 0 unspecified atom stereocenters. The number of rotatable bonds is 6. The van der Waals surface area contributed by atoms with Crippen molar-refractivity contribution in [2.45, 2.75) is 26.8 Å². The lowest BCUT2D eigenvalue weighted by Gasteiger charge is -2.24. The number of hydrogen-bond acceptors (Lipinski definition) is 6. The number of fused-ring (bicyclic) bond motifs is 1. The molecule has 0 amide bonds. The Balaban J connectivity index is 1.85. The van der Waals surface area contributed by atoms with Crippen molar-refractivity contribution in [1.29, 1.82) is 0 Å². The van der Waals surface area contributed by atoms with Crippen molar-refractivity contribution in [2.24, 2.45) is 4.99 Å². The lowest BCUT2D eigenvalue weighted by atomic mass is 9.96. The summed E-state index contributed by atoms with van der Waals surface area (Å²) in [6.07, 6.45) is 1.88. The standard InChI is InChI=1S/C26H27N3O3S/c1-5-28(6-2)20-14-12-18(13-15-20)16-21-24(30)29-23(19-10-8-7-9-11-19)22(25(31)32-4)17(3)27-26(29)33-21/h7-16,23H,5-6H2,1-4H3/b21-16+/t23-/m0/s1. The Labute approximate surface area is 196 Å². The molecule has 7 heteroatoms. The van der Waals surface area contributed by atoms with Crippen LogP contribution in [0, 0.1) is 0 Å². The van der Waals surface area contributed by atoms with Gasteiger partial charge in [0.15, 0.2) is 4.80 Å². The zero-order chi connectivity index (χ0) is 23.5. The van der Waals surface area contributed by atoms with Crippen LogP contribution in [0.4, 0.5) is 5.69 Å². The molecule has 0 N–H and O–H groups in total. The third-order valence-corrected chi connectivity index (χ3v) is 6.84. The Morgan fingerprint density at radius 2 is 1.79 bits per heavy atom. The van der Waals surface area contributed by atoms with Gasteiger partial charge in [0.1, 0.15) is 0 Å². The number of carbonyl (C=O) groups excluding carboxylic acids is 1. The number of esters is 1. The van der Waals surface area contributed by atoms with Crippen LogP contribution in [0.2, 0.25) is 0 Å². The Hall–Kier alpha value is -3.45. The van der Waals surface area contributed by atoms with Gasteiger partial charge in [0.25, 0.3) is 5.56 Å². The van der Waals surface area contributed by atoms with E-state index in [4.69, 9.17) is 4.74 Å². The van der Waals surface area contributed by atoms with Crippen LogP contribution >= 0.6 is 11.3 Å². The molecule has 1 aliphatic rings. The average Bonchev–Trinajstić information content (AvgIpc) is 3.14. The highest BCUT2D eigenvalue weighted by Crippen LogP contribution is 2.30. The van der Waals surface area contributed by atoms with Gasteiger partial charge in [-0.3, -0.25) is 9.36 Å². The summed E-state index contributed by atoms with van der Waals surface area (Å²) in [7, 11) is 1.34. The van der Waals surface area contributed by atoms with Gasteiger partial charge in [0.05, 0.1) is 29.0 Å². The monoisotopic (exact) mass is 461 g/mol. The third kappa shape index (κ3) is 4.28. The maximum atomic E-state index is 13.5. The highest BCUT2D eigenvalue weighted by molar-refractivity contribution is 7.07. The van der Waals surface area contributed by atoms with Gasteiger partial charge < -0.3 is 9.64 Å². The van der Waals surface area contributed by atoms with Crippen LogP contribution in [-0.4, -0.2) is 30.7 Å². The minimum Gasteiger partial charge on any atom is -0.466 e. The highest BCUT2D eigenvalue weighted by atomic mass is 32.1. The van der Waals surface area contributed by atoms with Crippen molar-refractivity contribution in [3.63, 3.8) is 0 Å². The molecule has 0 radical (unpaired) electrons. The first kappa shape index (κ1) is 22.7. The Morgan fingerprint density at radius 1 is 1.12 bits per heavy atom. The number of aromatic nitrogens is 1. The normalized spacial score (nSPS) is 15.8. The maximum Gasteiger partial charge on any atom is 0.338 e. The number of methoxy groups -OCH3 is 1. The summed E-state index contributed by atoms with van der Waals surface area (Å²) in [6, 6.07) is 17.1. The van der Waals surface area contributed by atoms with E-state index in [1.165, 1.54) is 18.4 Å². The second-order valence-corrected chi connectivity index (χ2v) is 8.76. The van der Waals surface area contributed by atoms with Crippen LogP contribution in [0.5, 0.6) is 0 Å². The molecule has 2 aromatic carbocycles. The fraction of sp³-hybridized carbons (Fsp3) is 0.269. The molecule has 4 rings (SSSR count). The first-order valence-electron chi connectivity index (χ1n) is 11.0. The second-order valence-electron chi connectivity index (χ2n) is 7.75. The fourth-order valence-electron chi connectivity index (χ4n) is 4.16. The van der Waals surface area contributed by atoms with Crippen LogP contribution < -0.4 is 19.8 Å². The van der Waals surface area contributed by atoms with Gasteiger partial charge in [-0.25, -0.2) is 9.79 Å². The minimum atomic E-state index is -0.581. The fourth-order valence-corrected chi connectivity index (χ4v) is 5.21. The number of hydrogen-bond donors (Lipinski definition) is 0. The van der Waals surface area contributed by atoms with Gasteiger partial charge in [-0.05, 0) is 50.1 Å². The molecule has 3 aromatic rings. The molecule has 6 nitrogen and oxygen atoms in total. The Bertz CT molecular complexity index is 1360. The lowest BCUT2D eigenvalue weighted by Crippen LogP contribution is -2.39. The van der Waals surface area contributed by atoms with E-state index in [1.54, 1.807) is 11.5 Å². The number of anilines is 1. The second kappa shape index (κ2) is 9.58. The molecule has 0 spiro atoms. The Morgan fingerprint density at radius 3 is 2.39 bits per heavy atom. The van der Waals surface area contributed by atoms with Gasteiger partial charge in [0, 0.05) is 18.8 Å². The molecular formula is C26H27N3O3S. The van der Waals surface area contributed by atoms with Crippen molar-refractivity contribution < 1.29 is 9.53 Å². The average molecular weight is 462 g/mol. The smallest absolute Gasteiger partial charge is 0.338 e. The predicted molar refractivity (Wildman–Crippen MR) is 132 cm³/mol. The van der Waals surface area contributed by atoms with E-state index >= 15 is 0 Å². The van der Waals surface area contributed by atoms with E-state index in [-0.39, 0.29) is 5.56 Å².